The Labute approximate surface area is 171 Å². The molecule has 1 unspecified atom stereocenters. The zero-order valence-corrected chi connectivity index (χ0v) is 16.9. The number of pyridine rings is 1. The van der Waals surface area contributed by atoms with Crippen molar-refractivity contribution >= 4 is 5.91 Å². The largest absolute Gasteiger partial charge is 0.360 e. The highest BCUT2D eigenvalue weighted by Crippen LogP contribution is 2.33. The fourth-order valence-corrected chi connectivity index (χ4v) is 4.39. The quantitative estimate of drug-likeness (QED) is 0.778. The molecule has 0 aliphatic carbocycles. The summed E-state index contributed by atoms with van der Waals surface area (Å²) < 4.78 is 20.2. The first-order chi connectivity index (χ1) is 14.0. The van der Waals surface area contributed by atoms with Gasteiger partial charge in [-0.05, 0) is 43.9 Å². The minimum absolute atomic E-state index is 0.0906. The van der Waals surface area contributed by atoms with Crippen LogP contribution in [-0.2, 0) is 22.5 Å². The van der Waals surface area contributed by atoms with Gasteiger partial charge in [0.15, 0.2) is 0 Å². The molecule has 2 fully saturated rings. The summed E-state index contributed by atoms with van der Waals surface area (Å²) in [4.78, 5) is 20.9. The van der Waals surface area contributed by atoms with Crippen molar-refractivity contribution in [2.75, 3.05) is 26.2 Å². The minimum atomic E-state index is -0.508. The second-order valence-electron chi connectivity index (χ2n) is 8.15. The van der Waals surface area contributed by atoms with Crippen LogP contribution in [0.2, 0.25) is 0 Å². The van der Waals surface area contributed by atoms with Crippen LogP contribution in [0.25, 0.3) is 0 Å². The molecule has 5 nitrogen and oxygen atoms in total. The van der Waals surface area contributed by atoms with E-state index in [2.05, 4.69) is 34.1 Å². The smallest absolute Gasteiger partial charge is 0.251 e. The van der Waals surface area contributed by atoms with E-state index in [1.54, 1.807) is 24.1 Å². The van der Waals surface area contributed by atoms with Gasteiger partial charge < -0.3 is 14.5 Å². The molecule has 0 bridgehead atoms. The van der Waals surface area contributed by atoms with E-state index in [-0.39, 0.29) is 23.9 Å². The van der Waals surface area contributed by atoms with Gasteiger partial charge in [0.1, 0.15) is 11.9 Å². The van der Waals surface area contributed by atoms with E-state index in [0.717, 1.165) is 38.9 Å². The molecule has 1 aromatic carbocycles. The van der Waals surface area contributed by atoms with Gasteiger partial charge in [-0.2, -0.15) is 0 Å². The Bertz CT molecular complexity index is 837. The number of rotatable bonds is 5. The summed E-state index contributed by atoms with van der Waals surface area (Å²) >= 11 is 0. The van der Waals surface area contributed by atoms with Crippen LogP contribution in [0.15, 0.2) is 48.7 Å². The summed E-state index contributed by atoms with van der Waals surface area (Å²) in [5.41, 5.74) is 1.32. The van der Waals surface area contributed by atoms with Crippen LogP contribution in [0.3, 0.4) is 0 Å². The number of ether oxygens (including phenoxy) is 1. The Balaban J connectivity index is 1.37. The Kier molecular flexibility index (Phi) is 5.92. The molecular formula is C23H28FN3O2. The Morgan fingerprint density at radius 3 is 2.66 bits per heavy atom. The van der Waals surface area contributed by atoms with Crippen LogP contribution in [0.4, 0.5) is 4.39 Å². The van der Waals surface area contributed by atoms with Gasteiger partial charge in [-0.1, -0.05) is 30.3 Å². The fraction of sp³-hybridized carbons (Fsp3) is 0.478. The number of carbonyl (C=O) groups is 1. The molecule has 2 aliphatic rings. The number of benzene rings is 1. The average molecular weight is 397 g/mol. The first-order valence-electron chi connectivity index (χ1n) is 10.4. The molecule has 6 heteroatoms. The maximum atomic E-state index is 14.0. The number of carbonyl (C=O) groups excluding carboxylic acids is 1. The molecule has 0 saturated carbocycles. The number of likely N-dealkylation sites (tertiary alicyclic amines) is 1. The first-order valence-corrected chi connectivity index (χ1v) is 10.4. The van der Waals surface area contributed by atoms with Crippen molar-refractivity contribution in [3.05, 3.63) is 65.7 Å². The highest BCUT2D eigenvalue weighted by molar-refractivity contribution is 5.81. The number of aromatic nitrogens is 1. The molecule has 154 valence electrons. The lowest BCUT2D eigenvalue weighted by molar-refractivity contribution is -0.190. The summed E-state index contributed by atoms with van der Waals surface area (Å²) in [5, 5.41) is 0. The van der Waals surface area contributed by atoms with E-state index >= 15 is 0 Å². The molecule has 0 N–H and O–H groups in total. The lowest BCUT2D eigenvalue weighted by Crippen LogP contribution is -2.61. The summed E-state index contributed by atoms with van der Waals surface area (Å²) in [5.74, 6) is -0.462. The van der Waals surface area contributed by atoms with Crippen LogP contribution in [0.5, 0.6) is 0 Å². The summed E-state index contributed by atoms with van der Waals surface area (Å²) in [7, 11) is 0. The van der Waals surface area contributed by atoms with Gasteiger partial charge in [0.25, 0.3) is 5.91 Å². The Morgan fingerprint density at radius 2 is 1.93 bits per heavy atom. The summed E-state index contributed by atoms with van der Waals surface area (Å²) in [6.07, 6.45) is 3.84. The lowest BCUT2D eigenvalue weighted by Gasteiger charge is -2.49. The maximum Gasteiger partial charge on any atom is 0.251 e. The zero-order chi connectivity index (χ0) is 20.3. The second kappa shape index (κ2) is 8.59. The number of piperidine rings is 1. The predicted octanol–water partition coefficient (Wildman–Crippen LogP) is 3.05. The normalized spacial score (nSPS) is 22.2. The molecule has 1 amide bonds. The standard InChI is InChI=1S/C23H28FN3O2/c1-18-22(28)27(16-21-20(24)8-5-12-25-21)17-23(29-18)10-14-26(15-11-23)13-9-19-6-3-2-4-7-19/h2-8,12,18H,9-11,13-17H2,1H3. The predicted molar refractivity (Wildman–Crippen MR) is 109 cm³/mol. The molecule has 2 aliphatic heterocycles. The Morgan fingerprint density at radius 1 is 1.17 bits per heavy atom. The van der Waals surface area contributed by atoms with Gasteiger partial charge in [0, 0.05) is 25.8 Å². The van der Waals surface area contributed by atoms with Crippen molar-refractivity contribution in [3.8, 4) is 0 Å². The second-order valence-corrected chi connectivity index (χ2v) is 8.15. The fourth-order valence-electron chi connectivity index (χ4n) is 4.39. The molecular weight excluding hydrogens is 369 g/mol. The van der Waals surface area contributed by atoms with E-state index in [1.807, 2.05) is 6.07 Å². The molecule has 29 heavy (non-hydrogen) atoms. The van der Waals surface area contributed by atoms with E-state index in [1.165, 1.54) is 11.6 Å². The van der Waals surface area contributed by atoms with Crippen LogP contribution in [0, 0.1) is 5.82 Å². The van der Waals surface area contributed by atoms with Gasteiger partial charge in [-0.3, -0.25) is 9.78 Å². The third kappa shape index (κ3) is 4.65. The molecule has 2 aromatic rings. The third-order valence-electron chi connectivity index (χ3n) is 6.07. The average Bonchev–Trinajstić information content (AvgIpc) is 2.74. The summed E-state index contributed by atoms with van der Waals surface area (Å²) in [6.45, 7) is 5.40. The molecule has 2 saturated heterocycles. The van der Waals surface area contributed by atoms with E-state index in [0.29, 0.717) is 12.2 Å². The van der Waals surface area contributed by atoms with Crippen molar-refractivity contribution in [2.45, 2.75) is 44.4 Å². The van der Waals surface area contributed by atoms with Gasteiger partial charge >= 0.3 is 0 Å². The van der Waals surface area contributed by atoms with E-state index in [9.17, 15) is 9.18 Å². The number of nitrogens with zero attached hydrogens (tertiary/aromatic N) is 3. The van der Waals surface area contributed by atoms with Crippen molar-refractivity contribution in [3.63, 3.8) is 0 Å². The van der Waals surface area contributed by atoms with Crippen molar-refractivity contribution in [2.24, 2.45) is 0 Å². The maximum absolute atomic E-state index is 14.0. The Hall–Kier alpha value is -2.31. The van der Waals surface area contributed by atoms with Crippen LogP contribution in [0.1, 0.15) is 31.0 Å². The van der Waals surface area contributed by atoms with Gasteiger partial charge in [0.2, 0.25) is 0 Å². The number of amides is 1. The number of hydrogen-bond donors (Lipinski definition) is 0. The highest BCUT2D eigenvalue weighted by Gasteiger charge is 2.45. The molecule has 3 heterocycles. The molecule has 1 atom stereocenters. The van der Waals surface area contributed by atoms with Crippen molar-refractivity contribution in [1.29, 1.82) is 0 Å². The molecule has 1 spiro atoms. The minimum Gasteiger partial charge on any atom is -0.360 e. The van der Waals surface area contributed by atoms with Gasteiger partial charge in [0.05, 0.1) is 24.4 Å². The first kappa shape index (κ1) is 20.0. The lowest BCUT2D eigenvalue weighted by atomic mass is 9.88. The van der Waals surface area contributed by atoms with Gasteiger partial charge in [-0.15, -0.1) is 0 Å². The van der Waals surface area contributed by atoms with Crippen LogP contribution >= 0.6 is 0 Å². The van der Waals surface area contributed by atoms with E-state index in [4.69, 9.17) is 4.74 Å². The SMILES string of the molecule is CC1OC2(CCN(CCc3ccccc3)CC2)CN(Cc2ncccc2F)C1=O. The number of hydrogen-bond acceptors (Lipinski definition) is 4. The molecule has 1 aromatic heterocycles. The molecule has 0 radical (unpaired) electrons. The van der Waals surface area contributed by atoms with Crippen molar-refractivity contribution < 1.29 is 13.9 Å². The topological polar surface area (TPSA) is 45.7 Å². The van der Waals surface area contributed by atoms with Crippen molar-refractivity contribution in [1.82, 2.24) is 14.8 Å². The van der Waals surface area contributed by atoms with Gasteiger partial charge in [-0.25, -0.2) is 4.39 Å². The third-order valence-corrected chi connectivity index (χ3v) is 6.07. The highest BCUT2D eigenvalue weighted by atomic mass is 19.1. The number of halogens is 1. The summed E-state index contributed by atoms with van der Waals surface area (Å²) in [6, 6.07) is 13.5. The molecule has 4 rings (SSSR count). The monoisotopic (exact) mass is 397 g/mol. The zero-order valence-electron chi connectivity index (χ0n) is 16.9. The van der Waals surface area contributed by atoms with Crippen LogP contribution in [-0.4, -0.2) is 58.6 Å². The van der Waals surface area contributed by atoms with Crippen LogP contribution < -0.4 is 0 Å². The number of morpholine rings is 1. The van der Waals surface area contributed by atoms with E-state index < -0.39 is 6.10 Å².